The van der Waals surface area contributed by atoms with Crippen LogP contribution < -0.4 is 20.4 Å². The average molecular weight is 665 g/mol. The highest BCUT2D eigenvalue weighted by atomic mass is 32.1. The van der Waals surface area contributed by atoms with E-state index in [4.69, 9.17) is 0 Å². The number of nitrogens with one attached hydrogen (secondary N) is 2. The Bertz CT molecular complexity index is 1580. The van der Waals surface area contributed by atoms with Crippen molar-refractivity contribution in [3.8, 4) is 0 Å². The molecule has 2 N–H and O–H groups in total. The van der Waals surface area contributed by atoms with E-state index in [2.05, 4.69) is 31.0 Å². The second-order valence-corrected chi connectivity index (χ2v) is 14.3. The lowest BCUT2D eigenvalue weighted by molar-refractivity contribution is -0.116. The summed E-state index contributed by atoms with van der Waals surface area (Å²) in [5, 5.41) is 25.8. The van der Waals surface area contributed by atoms with Gasteiger partial charge in [-0.3, -0.25) is 9.59 Å². The van der Waals surface area contributed by atoms with Gasteiger partial charge < -0.3 is 20.4 Å². The lowest BCUT2D eigenvalue weighted by atomic mass is 9.82. The molecule has 0 unspecified atom stereocenters. The summed E-state index contributed by atoms with van der Waals surface area (Å²) in [4.78, 5) is 29.4. The van der Waals surface area contributed by atoms with E-state index in [0.717, 1.165) is 58.2 Å². The van der Waals surface area contributed by atoms with E-state index in [0.29, 0.717) is 36.4 Å². The molecule has 4 aromatic rings. The van der Waals surface area contributed by atoms with Crippen LogP contribution in [0.15, 0.2) is 48.5 Å². The zero-order valence-electron chi connectivity index (χ0n) is 25.1. The second kappa shape index (κ2) is 13.4. The van der Waals surface area contributed by atoms with Crippen molar-refractivity contribution in [2.75, 3.05) is 46.6 Å². The summed E-state index contributed by atoms with van der Waals surface area (Å²) < 4.78 is 26.5. The molecule has 240 valence electrons. The number of anilines is 4. The lowest BCUT2D eigenvalue weighted by Gasteiger charge is -2.36. The minimum Gasteiger partial charge on any atom is -0.366 e. The standard InChI is InChI=1S/C32H34F2N8O2S2/c33-23-15-41(16-23)25-8-1-4-19(10-25)12-27(43)35-31-39-37-29(45-31)21-6-3-7-22(14-21)30-38-40-32(46-30)36-28(44)13-20-5-2-9-26(11-20)42-17-24(34)18-42/h1-2,4-5,8-11,21-24H,3,6-7,12-18H2,(H,35,39,43)(H,36,40,44)/t21-,22-/m0/s1. The highest BCUT2D eigenvalue weighted by Gasteiger charge is 2.30. The first kappa shape index (κ1) is 30.6. The normalized spacial score (nSPS) is 20.2. The van der Waals surface area contributed by atoms with Crippen molar-refractivity contribution in [1.29, 1.82) is 0 Å². The first-order chi connectivity index (χ1) is 22.3. The van der Waals surface area contributed by atoms with Crippen LogP contribution in [-0.4, -0.2) is 70.7 Å². The zero-order chi connectivity index (χ0) is 31.6. The SMILES string of the molecule is O=C(Cc1cccc(N2CC(F)C2)c1)Nc1nnc([C@H]2CCC[C@H](c3nnc(NC(=O)Cc4cccc(N5CC(F)C5)c4)s3)C2)s1. The van der Waals surface area contributed by atoms with Crippen molar-refractivity contribution in [3.05, 3.63) is 69.7 Å². The Labute approximate surface area is 273 Å². The third-order valence-electron chi connectivity index (χ3n) is 8.70. The topological polar surface area (TPSA) is 116 Å². The Hall–Kier alpha value is -4.04. The molecule has 14 heteroatoms. The van der Waals surface area contributed by atoms with Gasteiger partial charge in [0.25, 0.3) is 0 Å². The minimum absolute atomic E-state index is 0.171. The van der Waals surface area contributed by atoms with Crippen LogP contribution >= 0.6 is 22.7 Å². The predicted octanol–water partition coefficient (Wildman–Crippen LogP) is 5.51. The van der Waals surface area contributed by atoms with Crippen LogP contribution in [0.1, 0.15) is 58.7 Å². The molecular formula is C32H34F2N8O2S2. The van der Waals surface area contributed by atoms with Crippen LogP contribution in [-0.2, 0) is 22.4 Å². The number of rotatable bonds is 10. The van der Waals surface area contributed by atoms with E-state index in [-0.39, 0.29) is 36.5 Å². The Morgan fingerprint density at radius 1 is 0.717 bits per heavy atom. The summed E-state index contributed by atoms with van der Waals surface area (Å²) in [6.07, 6.45) is 2.63. The Morgan fingerprint density at radius 3 is 1.61 bits per heavy atom. The van der Waals surface area contributed by atoms with Gasteiger partial charge in [-0.1, -0.05) is 53.4 Å². The van der Waals surface area contributed by atoms with Crippen LogP contribution in [0.25, 0.3) is 0 Å². The van der Waals surface area contributed by atoms with E-state index in [9.17, 15) is 18.4 Å². The summed E-state index contributed by atoms with van der Waals surface area (Å²) in [6, 6.07) is 15.3. The highest BCUT2D eigenvalue weighted by molar-refractivity contribution is 7.15. The fraction of sp³-hybridized carbons (Fsp3) is 0.438. The third kappa shape index (κ3) is 7.17. The fourth-order valence-electron chi connectivity index (χ4n) is 6.23. The van der Waals surface area contributed by atoms with Gasteiger partial charge in [0, 0.05) is 23.2 Å². The number of benzene rings is 2. The number of carbonyl (C=O) groups excluding carboxylic acids is 2. The Kier molecular flexibility index (Phi) is 8.89. The number of aromatic nitrogens is 4. The number of alkyl halides is 2. The molecule has 1 saturated carbocycles. The summed E-state index contributed by atoms with van der Waals surface area (Å²) in [7, 11) is 0. The van der Waals surface area contributed by atoms with Gasteiger partial charge in [-0.2, -0.15) is 0 Å². The van der Waals surface area contributed by atoms with Crippen LogP contribution in [0.5, 0.6) is 0 Å². The van der Waals surface area contributed by atoms with E-state index < -0.39 is 12.3 Å². The predicted molar refractivity (Wildman–Crippen MR) is 176 cm³/mol. The van der Waals surface area contributed by atoms with Gasteiger partial charge in [-0.05, 0) is 54.7 Å². The highest BCUT2D eigenvalue weighted by Crippen LogP contribution is 2.43. The van der Waals surface area contributed by atoms with Crippen molar-refractivity contribution in [3.63, 3.8) is 0 Å². The molecule has 10 nitrogen and oxygen atoms in total. The molecule has 3 fully saturated rings. The molecule has 4 heterocycles. The Balaban J connectivity index is 0.904. The van der Waals surface area contributed by atoms with Gasteiger partial charge in [0.2, 0.25) is 22.1 Å². The molecular weight excluding hydrogens is 631 g/mol. The lowest BCUT2D eigenvalue weighted by Crippen LogP contribution is -2.48. The molecule has 3 aliphatic rings. The molecule has 2 aliphatic heterocycles. The van der Waals surface area contributed by atoms with Crippen LogP contribution in [0.3, 0.4) is 0 Å². The average Bonchev–Trinajstić information content (AvgIpc) is 3.68. The van der Waals surface area contributed by atoms with Gasteiger partial charge in [0.1, 0.15) is 22.4 Å². The number of carbonyl (C=O) groups is 2. The van der Waals surface area contributed by atoms with E-state index in [1.807, 2.05) is 58.3 Å². The third-order valence-corrected chi connectivity index (χ3v) is 10.7. The van der Waals surface area contributed by atoms with Crippen molar-refractivity contribution >= 4 is 56.1 Å². The number of hydrogen-bond acceptors (Lipinski definition) is 10. The van der Waals surface area contributed by atoms with Crippen molar-refractivity contribution in [1.82, 2.24) is 20.4 Å². The van der Waals surface area contributed by atoms with Crippen LogP contribution in [0.4, 0.5) is 30.4 Å². The molecule has 2 aromatic heterocycles. The Morgan fingerprint density at radius 2 is 1.17 bits per heavy atom. The van der Waals surface area contributed by atoms with Crippen molar-refractivity contribution in [2.45, 2.75) is 62.7 Å². The van der Waals surface area contributed by atoms with Gasteiger partial charge >= 0.3 is 0 Å². The largest absolute Gasteiger partial charge is 0.366 e. The second-order valence-electron chi connectivity index (χ2n) is 12.2. The molecule has 1 aliphatic carbocycles. The van der Waals surface area contributed by atoms with Crippen LogP contribution in [0, 0.1) is 0 Å². The van der Waals surface area contributed by atoms with Gasteiger partial charge in [0.15, 0.2) is 0 Å². The van der Waals surface area contributed by atoms with Crippen molar-refractivity contribution in [2.24, 2.45) is 0 Å². The quantitative estimate of drug-likeness (QED) is 0.228. The molecule has 0 radical (unpaired) electrons. The first-order valence-electron chi connectivity index (χ1n) is 15.6. The summed E-state index contributed by atoms with van der Waals surface area (Å²) in [6.45, 7) is 1.56. The monoisotopic (exact) mass is 664 g/mol. The molecule has 2 atom stereocenters. The first-order valence-corrected chi connectivity index (χ1v) is 17.2. The number of halogens is 2. The van der Waals surface area contributed by atoms with E-state index >= 15 is 0 Å². The van der Waals surface area contributed by atoms with Gasteiger partial charge in [-0.15, -0.1) is 20.4 Å². The fourth-order valence-corrected chi connectivity index (χ4v) is 8.05. The molecule has 46 heavy (non-hydrogen) atoms. The number of hydrogen-bond donors (Lipinski definition) is 2. The van der Waals surface area contributed by atoms with Gasteiger partial charge in [0.05, 0.1) is 39.0 Å². The van der Waals surface area contributed by atoms with Crippen molar-refractivity contribution < 1.29 is 18.4 Å². The van der Waals surface area contributed by atoms with E-state index in [1.54, 1.807) is 0 Å². The van der Waals surface area contributed by atoms with Crippen LogP contribution in [0.2, 0.25) is 0 Å². The molecule has 0 bridgehead atoms. The molecule has 2 amide bonds. The molecule has 2 saturated heterocycles. The number of amides is 2. The minimum atomic E-state index is -0.786. The maximum Gasteiger partial charge on any atom is 0.230 e. The smallest absolute Gasteiger partial charge is 0.230 e. The zero-order valence-corrected chi connectivity index (χ0v) is 26.7. The molecule has 2 aromatic carbocycles. The summed E-state index contributed by atoms with van der Waals surface area (Å²) in [5.74, 6) is 0.0524. The maximum absolute atomic E-state index is 13.3. The summed E-state index contributed by atoms with van der Waals surface area (Å²) in [5.41, 5.74) is 3.57. The maximum atomic E-state index is 13.3. The molecule has 7 rings (SSSR count). The van der Waals surface area contributed by atoms with E-state index in [1.165, 1.54) is 22.7 Å². The summed E-state index contributed by atoms with van der Waals surface area (Å²) >= 11 is 2.81. The number of nitrogens with zero attached hydrogens (tertiary/aromatic N) is 6. The van der Waals surface area contributed by atoms with Gasteiger partial charge in [-0.25, -0.2) is 8.78 Å². The molecule has 0 spiro atoms.